The number of likely N-dealkylation sites (tertiary alicyclic amines) is 2. The van der Waals surface area contributed by atoms with E-state index in [1.165, 1.54) is 6.42 Å². The van der Waals surface area contributed by atoms with Gasteiger partial charge in [0.25, 0.3) is 0 Å². The molecule has 0 aromatic carbocycles. The smallest absolute Gasteiger partial charge is 0.222 e. The summed E-state index contributed by atoms with van der Waals surface area (Å²) in [6, 6.07) is 0.353. The second-order valence-electron chi connectivity index (χ2n) is 7.61. The maximum absolute atomic E-state index is 11.9. The molecule has 1 unspecified atom stereocenters. The number of guanidine groups is 1. The molecule has 5 nitrogen and oxygen atoms in total. The van der Waals surface area contributed by atoms with Crippen LogP contribution in [0.15, 0.2) is 4.99 Å². The van der Waals surface area contributed by atoms with Crippen LogP contribution in [0.3, 0.4) is 0 Å². The Morgan fingerprint density at radius 1 is 1.35 bits per heavy atom. The van der Waals surface area contributed by atoms with Gasteiger partial charge in [0.15, 0.2) is 5.96 Å². The molecule has 2 heterocycles. The van der Waals surface area contributed by atoms with Crippen LogP contribution in [0.5, 0.6) is 0 Å². The third-order valence-corrected chi connectivity index (χ3v) is 5.06. The summed E-state index contributed by atoms with van der Waals surface area (Å²) < 4.78 is 0. The van der Waals surface area contributed by atoms with Crippen molar-refractivity contribution in [3.8, 4) is 0 Å². The third kappa shape index (κ3) is 4.85. The molecule has 132 valence electrons. The zero-order chi connectivity index (χ0) is 16.9. The largest absolute Gasteiger partial charge is 0.357 e. The number of aliphatic imine (C=N–C) groups is 1. The Kier molecular flexibility index (Phi) is 6.31. The number of rotatable bonds is 6. The maximum Gasteiger partial charge on any atom is 0.222 e. The zero-order valence-corrected chi connectivity index (χ0v) is 15.4. The van der Waals surface area contributed by atoms with E-state index in [2.05, 4.69) is 42.8 Å². The molecule has 1 atom stereocenters. The fraction of sp³-hybridized carbons (Fsp3) is 0.889. The summed E-state index contributed by atoms with van der Waals surface area (Å²) in [6.07, 6.45) is 4.95. The van der Waals surface area contributed by atoms with Crippen LogP contribution in [0.4, 0.5) is 0 Å². The van der Waals surface area contributed by atoms with Gasteiger partial charge in [-0.25, -0.2) is 0 Å². The van der Waals surface area contributed by atoms with Crippen LogP contribution in [0.25, 0.3) is 0 Å². The van der Waals surface area contributed by atoms with Crippen LogP contribution < -0.4 is 5.32 Å². The van der Waals surface area contributed by atoms with Gasteiger partial charge in [0.1, 0.15) is 0 Å². The summed E-state index contributed by atoms with van der Waals surface area (Å²) in [5.41, 5.74) is 0.379. The van der Waals surface area contributed by atoms with Crippen molar-refractivity contribution in [2.75, 3.05) is 32.7 Å². The van der Waals surface area contributed by atoms with Crippen molar-refractivity contribution >= 4 is 11.9 Å². The number of amides is 1. The van der Waals surface area contributed by atoms with E-state index in [1.54, 1.807) is 0 Å². The molecule has 0 aromatic heterocycles. The molecule has 0 radical (unpaired) electrons. The molecular formula is C18H34N4O. The number of carbonyl (C=O) groups excluding carboxylic acids is 1. The lowest BCUT2D eigenvalue weighted by Gasteiger charge is -2.27. The van der Waals surface area contributed by atoms with E-state index in [0.29, 0.717) is 17.4 Å². The van der Waals surface area contributed by atoms with E-state index < -0.39 is 0 Å². The van der Waals surface area contributed by atoms with Gasteiger partial charge >= 0.3 is 0 Å². The zero-order valence-electron chi connectivity index (χ0n) is 15.4. The summed E-state index contributed by atoms with van der Waals surface area (Å²) in [7, 11) is 0. The molecular weight excluding hydrogens is 288 g/mol. The first kappa shape index (κ1) is 18.1. The van der Waals surface area contributed by atoms with E-state index in [-0.39, 0.29) is 0 Å². The van der Waals surface area contributed by atoms with Crippen molar-refractivity contribution in [2.45, 2.75) is 65.8 Å². The van der Waals surface area contributed by atoms with E-state index >= 15 is 0 Å². The molecule has 0 bridgehead atoms. The highest BCUT2D eigenvalue weighted by Crippen LogP contribution is 2.28. The minimum absolute atomic E-state index is 0.328. The Morgan fingerprint density at radius 3 is 2.65 bits per heavy atom. The Bertz CT molecular complexity index is 433. The van der Waals surface area contributed by atoms with E-state index in [0.717, 1.165) is 64.4 Å². The van der Waals surface area contributed by atoms with Crippen LogP contribution in [-0.4, -0.2) is 60.4 Å². The number of hydrogen-bond donors (Lipinski definition) is 1. The van der Waals surface area contributed by atoms with E-state index in [9.17, 15) is 4.79 Å². The second-order valence-corrected chi connectivity index (χ2v) is 7.61. The molecule has 2 aliphatic heterocycles. The van der Waals surface area contributed by atoms with Gasteiger partial charge in [0.05, 0.1) is 0 Å². The molecule has 2 saturated heterocycles. The predicted octanol–water partition coefficient (Wildman–Crippen LogP) is 2.47. The molecule has 23 heavy (non-hydrogen) atoms. The van der Waals surface area contributed by atoms with E-state index in [1.807, 2.05) is 0 Å². The lowest BCUT2D eigenvalue weighted by Crippen LogP contribution is -2.41. The molecule has 1 amide bonds. The molecule has 2 rings (SSSR count). The van der Waals surface area contributed by atoms with Gasteiger partial charge in [-0.05, 0) is 38.0 Å². The fourth-order valence-electron chi connectivity index (χ4n) is 3.67. The van der Waals surface area contributed by atoms with Crippen molar-refractivity contribution in [3.05, 3.63) is 0 Å². The monoisotopic (exact) mass is 322 g/mol. The van der Waals surface area contributed by atoms with Crippen molar-refractivity contribution in [1.29, 1.82) is 0 Å². The maximum atomic E-state index is 11.9. The molecule has 0 aliphatic carbocycles. The second kappa shape index (κ2) is 8.02. The van der Waals surface area contributed by atoms with Crippen molar-refractivity contribution in [3.63, 3.8) is 0 Å². The number of nitrogens with one attached hydrogen (secondary N) is 1. The average Bonchev–Trinajstić information content (AvgIpc) is 3.08. The van der Waals surface area contributed by atoms with Crippen LogP contribution in [-0.2, 0) is 4.79 Å². The number of hydrogen-bond acceptors (Lipinski definition) is 2. The lowest BCUT2D eigenvalue weighted by molar-refractivity contribution is -0.129. The minimum atomic E-state index is 0.328. The van der Waals surface area contributed by atoms with Gasteiger partial charge in [-0.1, -0.05) is 20.8 Å². The van der Waals surface area contributed by atoms with Crippen LogP contribution in [0.2, 0.25) is 0 Å². The summed E-state index contributed by atoms with van der Waals surface area (Å²) in [6.45, 7) is 13.7. The van der Waals surface area contributed by atoms with Crippen LogP contribution in [0.1, 0.15) is 59.8 Å². The molecule has 5 heteroatoms. The van der Waals surface area contributed by atoms with Gasteiger partial charge < -0.3 is 15.1 Å². The summed E-state index contributed by atoms with van der Waals surface area (Å²) in [5.74, 6) is 1.37. The van der Waals surface area contributed by atoms with Crippen LogP contribution in [0, 0.1) is 5.41 Å². The average molecular weight is 322 g/mol. The summed E-state index contributed by atoms with van der Waals surface area (Å²) in [5, 5.41) is 3.43. The van der Waals surface area contributed by atoms with Gasteiger partial charge in [-0.2, -0.15) is 0 Å². The fourth-order valence-corrected chi connectivity index (χ4v) is 3.67. The van der Waals surface area contributed by atoms with Gasteiger partial charge in [0, 0.05) is 45.2 Å². The molecule has 0 spiro atoms. The Hall–Kier alpha value is -1.26. The predicted molar refractivity (Wildman–Crippen MR) is 95.6 cm³/mol. The Morgan fingerprint density at radius 2 is 2.13 bits per heavy atom. The Balaban J connectivity index is 1.91. The molecule has 0 aromatic rings. The first-order valence-corrected chi connectivity index (χ1v) is 9.29. The Labute approximate surface area is 141 Å². The minimum Gasteiger partial charge on any atom is -0.357 e. The highest BCUT2D eigenvalue weighted by atomic mass is 16.2. The first-order valence-electron chi connectivity index (χ1n) is 9.29. The van der Waals surface area contributed by atoms with Crippen LogP contribution >= 0.6 is 0 Å². The van der Waals surface area contributed by atoms with Gasteiger partial charge in [-0.15, -0.1) is 0 Å². The highest BCUT2D eigenvalue weighted by Gasteiger charge is 2.31. The highest BCUT2D eigenvalue weighted by molar-refractivity contribution is 5.80. The molecule has 1 N–H and O–H groups in total. The van der Waals surface area contributed by atoms with Gasteiger partial charge in [0.2, 0.25) is 5.91 Å². The summed E-state index contributed by atoms with van der Waals surface area (Å²) in [4.78, 5) is 21.2. The number of carbonyl (C=O) groups is 1. The number of nitrogens with zero attached hydrogens (tertiary/aromatic N) is 3. The lowest BCUT2D eigenvalue weighted by atomic mass is 9.93. The van der Waals surface area contributed by atoms with Crippen molar-refractivity contribution in [1.82, 2.24) is 15.1 Å². The SMILES string of the molecule is CCNC(=NCCC(CC)N1CCCC1=O)N1CCC(C)(C)C1. The third-order valence-electron chi connectivity index (χ3n) is 5.06. The van der Waals surface area contributed by atoms with Gasteiger partial charge in [-0.3, -0.25) is 9.79 Å². The molecule has 2 fully saturated rings. The van der Waals surface area contributed by atoms with Crippen molar-refractivity contribution < 1.29 is 4.79 Å². The topological polar surface area (TPSA) is 47.9 Å². The summed E-state index contributed by atoms with van der Waals surface area (Å²) >= 11 is 0. The quantitative estimate of drug-likeness (QED) is 0.604. The first-order chi connectivity index (χ1) is 11.0. The normalized spacial score (nSPS) is 22.8. The molecule has 2 aliphatic rings. The standard InChI is InChI=1S/C18H34N4O/c1-5-15(22-12-7-8-16(22)23)9-11-20-17(19-6-2)21-13-10-18(3,4)14-21/h15H,5-14H2,1-4H3,(H,19,20). The van der Waals surface area contributed by atoms with E-state index in [4.69, 9.17) is 4.99 Å². The molecule has 0 saturated carbocycles. The van der Waals surface area contributed by atoms with Crippen molar-refractivity contribution in [2.24, 2.45) is 10.4 Å².